The number of methoxy groups -OCH3 is 1. The third-order valence-electron chi connectivity index (χ3n) is 8.41. The smallest absolute Gasteiger partial charge is 0.340 e. The molecule has 0 radical (unpaired) electrons. The van der Waals surface area contributed by atoms with Gasteiger partial charge in [0.05, 0.1) is 31.1 Å². The van der Waals surface area contributed by atoms with Gasteiger partial charge in [-0.1, -0.05) is 83.1 Å². The van der Waals surface area contributed by atoms with E-state index in [1.54, 1.807) is 24.3 Å². The molecule has 0 bridgehead atoms. The summed E-state index contributed by atoms with van der Waals surface area (Å²) in [4.78, 5) is 39.9. The van der Waals surface area contributed by atoms with E-state index in [4.69, 9.17) is 14.2 Å². The van der Waals surface area contributed by atoms with Crippen molar-refractivity contribution in [2.75, 3.05) is 25.2 Å². The summed E-state index contributed by atoms with van der Waals surface area (Å²) in [5.41, 5.74) is -3.49. The van der Waals surface area contributed by atoms with E-state index < -0.39 is 63.7 Å². The third-order valence-corrected chi connectivity index (χ3v) is 10.2. The van der Waals surface area contributed by atoms with Crippen LogP contribution in [0.2, 0.25) is 0 Å². The number of amides is 1. The van der Waals surface area contributed by atoms with E-state index in [1.807, 2.05) is 6.92 Å². The summed E-state index contributed by atoms with van der Waals surface area (Å²) in [5, 5.41) is 14.1. The number of halogens is 2. The normalized spacial score (nSPS) is 14.5. The molecule has 1 aromatic rings. The lowest BCUT2D eigenvalue weighted by Gasteiger charge is -2.34. The Hall–Kier alpha value is -3.06. The Morgan fingerprint density at radius 3 is 2.00 bits per heavy atom. The number of sulfone groups is 1. The summed E-state index contributed by atoms with van der Waals surface area (Å²) < 4.78 is 68.4. The van der Waals surface area contributed by atoms with Crippen molar-refractivity contribution < 1.29 is 50.9 Å². The van der Waals surface area contributed by atoms with Crippen LogP contribution in [-0.4, -0.2) is 80.3 Å². The third kappa shape index (κ3) is 19.1. The fourth-order valence-corrected chi connectivity index (χ4v) is 6.98. The van der Waals surface area contributed by atoms with Crippen LogP contribution in [0.1, 0.15) is 124 Å². The highest BCUT2D eigenvalue weighted by molar-refractivity contribution is 7.91. The first-order valence-corrected chi connectivity index (χ1v) is 20.5. The first-order chi connectivity index (χ1) is 24.5. The SMILES string of the molecule is CCCCCCCS(=O)(=O)CCCCCCC=C[C@H](C(=O)N[C@@H](Cc1ccc(OCCCC)cc1)C(=O)OC)[C@@](O)(CC(F)F)C(=O)OC(C)(C)C. The summed E-state index contributed by atoms with van der Waals surface area (Å²) in [6.07, 6.45) is 7.59. The Kier molecular flexibility index (Phi) is 21.9. The summed E-state index contributed by atoms with van der Waals surface area (Å²) in [7, 11) is -1.97. The first kappa shape index (κ1) is 47.0. The maximum Gasteiger partial charge on any atom is 0.340 e. The predicted octanol–water partition coefficient (Wildman–Crippen LogP) is 7.30. The Balaban J connectivity index is 3.11. The van der Waals surface area contributed by atoms with Crippen LogP contribution in [0, 0.1) is 5.92 Å². The number of unbranched alkanes of at least 4 members (excludes halogenated alkanes) is 9. The van der Waals surface area contributed by atoms with Crippen molar-refractivity contribution in [2.45, 2.75) is 148 Å². The van der Waals surface area contributed by atoms with Gasteiger partial charge in [-0.05, 0) is 70.6 Å². The molecular formula is C39H63F2NO9S. The Morgan fingerprint density at radius 1 is 0.885 bits per heavy atom. The first-order valence-electron chi connectivity index (χ1n) is 18.7. The molecule has 0 saturated heterocycles. The van der Waals surface area contributed by atoms with Crippen LogP contribution in [0.4, 0.5) is 8.78 Å². The van der Waals surface area contributed by atoms with Crippen molar-refractivity contribution >= 4 is 27.7 Å². The van der Waals surface area contributed by atoms with E-state index in [2.05, 4.69) is 12.2 Å². The molecule has 0 aromatic heterocycles. The average Bonchev–Trinajstić information content (AvgIpc) is 3.06. The topological polar surface area (TPSA) is 145 Å². The van der Waals surface area contributed by atoms with Crippen molar-refractivity contribution in [3.05, 3.63) is 42.0 Å². The van der Waals surface area contributed by atoms with Gasteiger partial charge in [-0.15, -0.1) is 0 Å². The molecule has 52 heavy (non-hydrogen) atoms. The van der Waals surface area contributed by atoms with Crippen LogP contribution in [-0.2, 0) is 40.1 Å². The van der Waals surface area contributed by atoms with Gasteiger partial charge in [0, 0.05) is 12.8 Å². The summed E-state index contributed by atoms with van der Waals surface area (Å²) in [6.45, 7) is 9.22. The van der Waals surface area contributed by atoms with E-state index in [9.17, 15) is 36.7 Å². The van der Waals surface area contributed by atoms with Gasteiger partial charge in [0.25, 0.3) is 0 Å². The van der Waals surface area contributed by atoms with Crippen LogP contribution < -0.4 is 10.1 Å². The molecule has 1 rings (SSSR count). The lowest BCUT2D eigenvalue weighted by molar-refractivity contribution is -0.188. The van der Waals surface area contributed by atoms with Crippen molar-refractivity contribution in [1.82, 2.24) is 5.32 Å². The van der Waals surface area contributed by atoms with E-state index in [0.717, 1.165) is 45.6 Å². The number of nitrogens with one attached hydrogen (secondary N) is 1. The molecule has 0 aliphatic heterocycles. The second-order valence-electron chi connectivity index (χ2n) is 14.3. The number of hydrogen-bond donors (Lipinski definition) is 2. The highest BCUT2D eigenvalue weighted by Crippen LogP contribution is 2.31. The molecule has 0 fully saturated rings. The number of hydrogen-bond acceptors (Lipinski definition) is 9. The molecule has 0 unspecified atom stereocenters. The molecular weight excluding hydrogens is 696 g/mol. The lowest BCUT2D eigenvalue weighted by Crippen LogP contribution is -2.56. The summed E-state index contributed by atoms with van der Waals surface area (Å²) >= 11 is 0. The maximum absolute atomic E-state index is 13.9. The largest absolute Gasteiger partial charge is 0.494 e. The van der Waals surface area contributed by atoms with Gasteiger partial charge in [-0.3, -0.25) is 4.79 Å². The fourth-order valence-electron chi connectivity index (χ4n) is 5.49. The standard InChI is InChI=1S/C39H63F2NO9S/c1-7-9-11-15-18-26-52(47,48)27-19-16-13-12-14-17-20-32(39(46,29-34(40)41)37(45)51-38(3,4)5)35(43)42-33(36(44)49-6)28-30-21-23-31(24-22-30)50-25-10-8-2/h17,20-24,32-34,46H,7-16,18-19,25-29H2,1-6H3,(H,42,43)/t32-,33+,39+/m1/s1. The number of aliphatic hydroxyl groups is 1. The van der Waals surface area contributed by atoms with Gasteiger partial charge in [0.2, 0.25) is 12.3 Å². The van der Waals surface area contributed by atoms with Gasteiger partial charge in [0.15, 0.2) is 5.60 Å². The van der Waals surface area contributed by atoms with Crippen molar-refractivity contribution in [2.24, 2.45) is 5.92 Å². The van der Waals surface area contributed by atoms with E-state index >= 15 is 0 Å². The minimum absolute atomic E-state index is 0.0294. The molecule has 0 heterocycles. The number of esters is 2. The quantitative estimate of drug-likeness (QED) is 0.0536. The summed E-state index contributed by atoms with van der Waals surface area (Å²) in [5.74, 6) is -4.15. The van der Waals surface area contributed by atoms with Gasteiger partial charge in [-0.2, -0.15) is 0 Å². The second-order valence-corrected chi connectivity index (χ2v) is 16.6. The van der Waals surface area contributed by atoms with E-state index in [0.29, 0.717) is 56.4 Å². The zero-order valence-electron chi connectivity index (χ0n) is 32.1. The molecule has 1 amide bonds. The molecule has 298 valence electrons. The predicted molar refractivity (Wildman–Crippen MR) is 199 cm³/mol. The van der Waals surface area contributed by atoms with Crippen LogP contribution in [0.25, 0.3) is 0 Å². The van der Waals surface area contributed by atoms with Gasteiger partial charge in [0.1, 0.15) is 27.2 Å². The maximum atomic E-state index is 13.9. The Bertz CT molecular complexity index is 1330. The molecule has 0 aliphatic rings. The van der Waals surface area contributed by atoms with Crippen molar-refractivity contribution in [3.63, 3.8) is 0 Å². The molecule has 0 spiro atoms. The molecule has 0 saturated carbocycles. The molecule has 0 aliphatic carbocycles. The number of allylic oxidation sites excluding steroid dienone is 1. The van der Waals surface area contributed by atoms with Crippen LogP contribution in [0.3, 0.4) is 0 Å². The van der Waals surface area contributed by atoms with Crippen molar-refractivity contribution in [1.29, 1.82) is 0 Å². The molecule has 3 atom stereocenters. The number of carbonyl (C=O) groups excluding carboxylic acids is 3. The average molecular weight is 760 g/mol. The number of benzene rings is 1. The number of carbonyl (C=O) groups is 3. The molecule has 13 heteroatoms. The second kappa shape index (κ2) is 24.3. The highest BCUT2D eigenvalue weighted by Gasteiger charge is 2.51. The number of alkyl halides is 2. The fraction of sp³-hybridized carbons (Fsp3) is 0.718. The minimum atomic E-state index is -3.18. The Morgan fingerprint density at radius 2 is 1.46 bits per heavy atom. The van der Waals surface area contributed by atoms with Crippen LogP contribution in [0.5, 0.6) is 5.75 Å². The van der Waals surface area contributed by atoms with Crippen molar-refractivity contribution in [3.8, 4) is 5.75 Å². The van der Waals surface area contributed by atoms with E-state index in [1.165, 1.54) is 32.9 Å². The molecule has 1 aromatic carbocycles. The zero-order chi connectivity index (χ0) is 39.2. The van der Waals surface area contributed by atoms with E-state index in [-0.39, 0.29) is 17.9 Å². The molecule has 2 N–H and O–H groups in total. The van der Waals surface area contributed by atoms with Gasteiger partial charge < -0.3 is 24.6 Å². The highest BCUT2D eigenvalue weighted by atomic mass is 32.2. The molecule has 10 nitrogen and oxygen atoms in total. The van der Waals surface area contributed by atoms with Crippen LogP contribution >= 0.6 is 0 Å². The van der Waals surface area contributed by atoms with Gasteiger partial charge >= 0.3 is 11.9 Å². The number of ether oxygens (including phenoxy) is 3. The minimum Gasteiger partial charge on any atom is -0.494 e. The number of rotatable bonds is 27. The Labute approximate surface area is 310 Å². The zero-order valence-corrected chi connectivity index (χ0v) is 32.9. The van der Waals surface area contributed by atoms with Crippen LogP contribution in [0.15, 0.2) is 36.4 Å². The lowest BCUT2D eigenvalue weighted by atomic mass is 9.82. The monoisotopic (exact) mass is 759 g/mol. The summed E-state index contributed by atoms with van der Waals surface area (Å²) in [6, 6.07) is 5.62. The van der Waals surface area contributed by atoms with Gasteiger partial charge in [-0.25, -0.2) is 26.8 Å².